The van der Waals surface area contributed by atoms with Crippen molar-refractivity contribution in [1.29, 1.82) is 0 Å². The van der Waals surface area contributed by atoms with Crippen LogP contribution < -0.4 is 5.32 Å². The van der Waals surface area contributed by atoms with Gasteiger partial charge >= 0.3 is 0 Å². The Labute approximate surface area is 123 Å². The van der Waals surface area contributed by atoms with Crippen LogP contribution in [0, 0.1) is 0 Å². The molecule has 3 aromatic rings. The van der Waals surface area contributed by atoms with Crippen LogP contribution in [-0.4, -0.2) is 19.7 Å². The Bertz CT molecular complexity index is 770. The smallest absolute Gasteiger partial charge is 0.146 e. The van der Waals surface area contributed by atoms with Gasteiger partial charge in [0.05, 0.1) is 6.54 Å². The molecule has 4 rings (SSSR count). The molecule has 2 aromatic heterocycles. The summed E-state index contributed by atoms with van der Waals surface area (Å²) in [6, 6.07) is 8.96. The zero-order chi connectivity index (χ0) is 14.2. The lowest BCUT2D eigenvalue weighted by Gasteiger charge is -2.23. The molecular weight excluding hydrogens is 262 g/mol. The van der Waals surface area contributed by atoms with Gasteiger partial charge in [0, 0.05) is 29.7 Å². The highest BCUT2D eigenvalue weighted by atomic mass is 15.3. The van der Waals surface area contributed by atoms with Gasteiger partial charge in [-0.25, -0.2) is 0 Å². The number of H-pyrrole nitrogens is 1. The molecule has 0 bridgehead atoms. The first-order valence-electron chi connectivity index (χ1n) is 7.48. The van der Waals surface area contributed by atoms with Gasteiger partial charge in [-0.3, -0.25) is 0 Å². The molecule has 2 N–H and O–H groups in total. The molecule has 1 aromatic carbocycles. The van der Waals surface area contributed by atoms with Gasteiger partial charge in [0.15, 0.2) is 0 Å². The highest BCUT2D eigenvalue weighted by Gasteiger charge is 2.23. The summed E-state index contributed by atoms with van der Waals surface area (Å²) in [6.07, 6.45) is 5.30. The number of aryl methyl sites for hydroxylation is 2. The third-order valence-electron chi connectivity index (χ3n) is 4.43. The number of hydrogen-bond donors (Lipinski definition) is 2. The fraction of sp³-hybridized carbons (Fsp3) is 0.375. The molecule has 21 heavy (non-hydrogen) atoms. The number of benzene rings is 1. The van der Waals surface area contributed by atoms with E-state index in [-0.39, 0.29) is 0 Å². The van der Waals surface area contributed by atoms with E-state index in [1.54, 1.807) is 6.33 Å². The van der Waals surface area contributed by atoms with Gasteiger partial charge in [-0.1, -0.05) is 18.2 Å². The summed E-state index contributed by atoms with van der Waals surface area (Å²) >= 11 is 0. The van der Waals surface area contributed by atoms with Crippen molar-refractivity contribution >= 4 is 10.9 Å². The summed E-state index contributed by atoms with van der Waals surface area (Å²) in [5.41, 5.74) is 4.08. The first kappa shape index (κ1) is 12.6. The second kappa shape index (κ2) is 5.00. The average molecular weight is 281 g/mol. The molecule has 5 heteroatoms. The minimum Gasteiger partial charge on any atom is -0.357 e. The van der Waals surface area contributed by atoms with Gasteiger partial charge in [-0.05, 0) is 30.9 Å². The van der Waals surface area contributed by atoms with Gasteiger partial charge in [0.1, 0.15) is 12.2 Å². The van der Waals surface area contributed by atoms with Crippen LogP contribution in [0.3, 0.4) is 0 Å². The largest absolute Gasteiger partial charge is 0.357 e. The Morgan fingerprint density at radius 2 is 2.29 bits per heavy atom. The van der Waals surface area contributed by atoms with Crippen molar-refractivity contribution < 1.29 is 0 Å². The number of rotatable bonds is 3. The number of aromatic nitrogens is 4. The molecule has 1 atom stereocenters. The van der Waals surface area contributed by atoms with Crippen LogP contribution in [0.2, 0.25) is 0 Å². The molecule has 5 nitrogen and oxygen atoms in total. The van der Waals surface area contributed by atoms with Crippen LogP contribution in [0.25, 0.3) is 10.9 Å². The van der Waals surface area contributed by atoms with Crippen LogP contribution in [0.4, 0.5) is 0 Å². The molecular formula is C16H19N5. The van der Waals surface area contributed by atoms with E-state index in [4.69, 9.17) is 0 Å². The quantitative estimate of drug-likeness (QED) is 0.775. The minimum atomic E-state index is 0.373. The molecule has 1 aliphatic carbocycles. The van der Waals surface area contributed by atoms with Crippen molar-refractivity contribution in [3.63, 3.8) is 0 Å². The first-order chi connectivity index (χ1) is 10.3. The molecule has 108 valence electrons. The van der Waals surface area contributed by atoms with Crippen molar-refractivity contribution in [1.82, 2.24) is 25.1 Å². The second-order valence-corrected chi connectivity index (χ2v) is 5.75. The Morgan fingerprint density at radius 3 is 3.14 bits per heavy atom. The molecule has 0 radical (unpaired) electrons. The van der Waals surface area contributed by atoms with E-state index < -0.39 is 0 Å². The molecule has 0 saturated carbocycles. The monoisotopic (exact) mass is 281 g/mol. The van der Waals surface area contributed by atoms with E-state index >= 15 is 0 Å². The Hall–Kier alpha value is -2.14. The van der Waals surface area contributed by atoms with E-state index in [0.717, 1.165) is 18.8 Å². The molecule has 0 amide bonds. The number of hydrogen-bond acceptors (Lipinski definition) is 3. The third-order valence-corrected chi connectivity index (χ3v) is 4.43. The number of aromatic amines is 1. The summed E-state index contributed by atoms with van der Waals surface area (Å²) in [5.74, 6) is 0.971. The van der Waals surface area contributed by atoms with E-state index in [9.17, 15) is 0 Å². The molecule has 1 unspecified atom stereocenters. The standard InChI is InChI=1S/C16H19N5/c1-21-10-18-20-15(21)9-17-14-8-4-6-12-11-5-2-3-7-13(11)19-16(12)14/h2-3,5,7,10,14,17,19H,4,6,8-9H2,1H3. The predicted octanol–water partition coefficient (Wildman–Crippen LogP) is 2.46. The Kier molecular flexibility index (Phi) is 3.00. The first-order valence-corrected chi connectivity index (χ1v) is 7.48. The number of fused-ring (bicyclic) bond motifs is 3. The van der Waals surface area contributed by atoms with Crippen molar-refractivity contribution in [2.24, 2.45) is 7.05 Å². The summed E-state index contributed by atoms with van der Waals surface area (Å²) in [6.45, 7) is 0.746. The highest BCUT2D eigenvalue weighted by molar-refractivity contribution is 5.85. The maximum atomic E-state index is 4.14. The van der Waals surface area contributed by atoms with Crippen molar-refractivity contribution in [2.75, 3.05) is 0 Å². The van der Waals surface area contributed by atoms with Gasteiger partial charge in [0.2, 0.25) is 0 Å². The Morgan fingerprint density at radius 1 is 1.38 bits per heavy atom. The van der Waals surface area contributed by atoms with Gasteiger partial charge < -0.3 is 14.9 Å². The molecule has 0 fully saturated rings. The number of nitrogens with zero attached hydrogens (tertiary/aromatic N) is 3. The minimum absolute atomic E-state index is 0.373. The van der Waals surface area contributed by atoms with Crippen LogP contribution >= 0.6 is 0 Å². The zero-order valence-electron chi connectivity index (χ0n) is 12.1. The second-order valence-electron chi connectivity index (χ2n) is 5.75. The zero-order valence-corrected chi connectivity index (χ0v) is 12.1. The maximum absolute atomic E-state index is 4.14. The van der Waals surface area contributed by atoms with E-state index in [2.05, 4.69) is 44.8 Å². The summed E-state index contributed by atoms with van der Waals surface area (Å²) in [5, 5.41) is 13.1. The van der Waals surface area contributed by atoms with Gasteiger partial charge in [-0.2, -0.15) is 0 Å². The lowest BCUT2D eigenvalue weighted by atomic mass is 9.92. The third kappa shape index (κ3) is 2.14. The van der Waals surface area contributed by atoms with E-state index in [1.165, 1.54) is 35.0 Å². The van der Waals surface area contributed by atoms with Crippen LogP contribution in [-0.2, 0) is 20.0 Å². The normalized spacial score (nSPS) is 18.0. The molecule has 0 spiro atoms. The SMILES string of the molecule is Cn1cnnc1CNC1CCCc2c1[nH]c1ccccc21. The van der Waals surface area contributed by atoms with E-state index in [1.807, 2.05) is 11.6 Å². The Balaban J connectivity index is 1.62. The summed E-state index contributed by atoms with van der Waals surface area (Å²) in [7, 11) is 1.98. The highest BCUT2D eigenvalue weighted by Crippen LogP contribution is 2.34. The summed E-state index contributed by atoms with van der Waals surface area (Å²) in [4.78, 5) is 3.61. The molecule has 1 aliphatic rings. The average Bonchev–Trinajstić information content (AvgIpc) is 3.09. The van der Waals surface area contributed by atoms with Gasteiger partial charge in [0.25, 0.3) is 0 Å². The topological polar surface area (TPSA) is 58.5 Å². The molecule has 0 aliphatic heterocycles. The predicted molar refractivity (Wildman–Crippen MR) is 81.8 cm³/mol. The number of para-hydroxylation sites is 1. The van der Waals surface area contributed by atoms with Crippen molar-refractivity contribution in [2.45, 2.75) is 31.8 Å². The van der Waals surface area contributed by atoms with E-state index in [0.29, 0.717) is 6.04 Å². The summed E-state index contributed by atoms with van der Waals surface area (Å²) < 4.78 is 1.96. The lowest BCUT2D eigenvalue weighted by Crippen LogP contribution is -2.26. The maximum Gasteiger partial charge on any atom is 0.146 e. The fourth-order valence-electron chi connectivity index (χ4n) is 3.30. The van der Waals surface area contributed by atoms with Crippen LogP contribution in [0.15, 0.2) is 30.6 Å². The fourth-order valence-corrected chi connectivity index (χ4v) is 3.30. The molecule has 2 heterocycles. The number of nitrogens with one attached hydrogen (secondary N) is 2. The van der Waals surface area contributed by atoms with Crippen molar-refractivity contribution in [3.05, 3.63) is 47.7 Å². The van der Waals surface area contributed by atoms with Crippen molar-refractivity contribution in [3.8, 4) is 0 Å². The lowest BCUT2D eigenvalue weighted by molar-refractivity contribution is 0.443. The van der Waals surface area contributed by atoms with Crippen LogP contribution in [0.1, 0.15) is 36.0 Å². The van der Waals surface area contributed by atoms with Crippen LogP contribution in [0.5, 0.6) is 0 Å². The molecule has 0 saturated heterocycles. The van der Waals surface area contributed by atoms with Gasteiger partial charge in [-0.15, -0.1) is 10.2 Å².